The molecule has 0 aliphatic heterocycles. The van der Waals surface area contributed by atoms with Crippen LogP contribution < -0.4 is 16.1 Å². The van der Waals surface area contributed by atoms with Crippen molar-refractivity contribution >= 4 is 34.8 Å². The number of hydroxylamine groups is 1. The molecule has 0 saturated carbocycles. The minimum atomic E-state index is -0.410. The van der Waals surface area contributed by atoms with Gasteiger partial charge in [-0.25, -0.2) is 15.4 Å². The van der Waals surface area contributed by atoms with E-state index in [1.54, 1.807) is 17.1 Å². The average molecular weight is 485 g/mol. The molecule has 0 atom stereocenters. The van der Waals surface area contributed by atoms with Crippen molar-refractivity contribution in [2.45, 2.75) is 13.0 Å². The summed E-state index contributed by atoms with van der Waals surface area (Å²) in [7, 11) is 5.91. The first kappa shape index (κ1) is 25.2. The Morgan fingerprint density at radius 2 is 2.15 bits per heavy atom. The van der Waals surface area contributed by atoms with Gasteiger partial charge in [-0.2, -0.15) is 5.10 Å². The van der Waals surface area contributed by atoms with Gasteiger partial charge < -0.3 is 15.5 Å². The fourth-order valence-corrected chi connectivity index (χ4v) is 3.31. The third-order valence-corrected chi connectivity index (χ3v) is 5.04. The minimum absolute atomic E-state index is 0.160. The van der Waals surface area contributed by atoms with E-state index in [0.717, 1.165) is 48.1 Å². The van der Waals surface area contributed by atoms with Gasteiger partial charge in [-0.3, -0.25) is 14.3 Å². The number of rotatable bonds is 12. The van der Waals surface area contributed by atoms with Crippen molar-refractivity contribution in [3.8, 4) is 11.3 Å². The molecule has 10 nitrogen and oxygen atoms in total. The van der Waals surface area contributed by atoms with Gasteiger partial charge in [0.1, 0.15) is 6.61 Å². The number of halogens is 1. The van der Waals surface area contributed by atoms with Crippen LogP contribution in [0.4, 0.5) is 17.3 Å². The number of amides is 1. The highest BCUT2D eigenvalue weighted by atomic mass is 35.5. The Balaban J connectivity index is 1.77. The van der Waals surface area contributed by atoms with Gasteiger partial charge >= 0.3 is 0 Å². The molecule has 0 aliphatic rings. The van der Waals surface area contributed by atoms with Crippen LogP contribution in [0.15, 0.2) is 49.4 Å². The van der Waals surface area contributed by atoms with Gasteiger partial charge in [-0.1, -0.05) is 18.2 Å². The molecule has 0 bridgehead atoms. The van der Waals surface area contributed by atoms with Crippen LogP contribution in [0.5, 0.6) is 0 Å². The Hall–Kier alpha value is -3.47. The largest absolute Gasteiger partial charge is 0.385 e. The lowest BCUT2D eigenvalue weighted by atomic mass is 10.1. The quantitative estimate of drug-likeness (QED) is 0.204. The number of hydrogen-bond acceptors (Lipinski definition) is 8. The molecule has 3 aromatic rings. The van der Waals surface area contributed by atoms with E-state index in [1.807, 2.05) is 45.5 Å². The Bertz CT molecular complexity index is 1130. The molecule has 1 aromatic carbocycles. The van der Waals surface area contributed by atoms with Crippen LogP contribution in [-0.2, 0) is 23.3 Å². The lowest BCUT2D eigenvalue weighted by Gasteiger charge is -2.16. The number of carbonyl (C=O) groups is 1. The summed E-state index contributed by atoms with van der Waals surface area (Å²) >= 11 is 6.30. The van der Waals surface area contributed by atoms with E-state index in [1.165, 1.54) is 0 Å². The smallest absolute Gasteiger partial charge is 0.266 e. The summed E-state index contributed by atoms with van der Waals surface area (Å²) in [6, 6.07) is 5.78. The Labute approximate surface area is 203 Å². The van der Waals surface area contributed by atoms with Crippen molar-refractivity contribution in [3.05, 3.63) is 60.0 Å². The Morgan fingerprint density at radius 1 is 1.32 bits per heavy atom. The molecular formula is C23H29ClN8O2. The molecule has 34 heavy (non-hydrogen) atoms. The average Bonchev–Trinajstić information content (AvgIpc) is 3.24. The Kier molecular flexibility index (Phi) is 8.97. The minimum Gasteiger partial charge on any atom is -0.385 e. The zero-order valence-electron chi connectivity index (χ0n) is 19.5. The van der Waals surface area contributed by atoms with E-state index in [0.29, 0.717) is 16.7 Å². The van der Waals surface area contributed by atoms with Crippen molar-refractivity contribution in [1.82, 2.24) is 30.1 Å². The summed E-state index contributed by atoms with van der Waals surface area (Å²) in [6.07, 6.45) is 7.21. The molecule has 180 valence electrons. The normalized spacial score (nSPS) is 10.9. The van der Waals surface area contributed by atoms with Gasteiger partial charge in [0, 0.05) is 42.3 Å². The third-order valence-electron chi connectivity index (χ3n) is 4.77. The van der Waals surface area contributed by atoms with E-state index in [-0.39, 0.29) is 6.61 Å². The number of nitrogens with zero attached hydrogens (tertiary/aromatic N) is 5. The van der Waals surface area contributed by atoms with Gasteiger partial charge in [-0.05, 0) is 51.3 Å². The maximum atomic E-state index is 11.4. The van der Waals surface area contributed by atoms with Gasteiger partial charge in [0.05, 0.1) is 23.1 Å². The third kappa shape index (κ3) is 7.27. The fraction of sp³-hybridized carbons (Fsp3) is 0.304. The second kappa shape index (κ2) is 12.1. The van der Waals surface area contributed by atoms with E-state index in [2.05, 4.69) is 42.7 Å². The first-order chi connectivity index (χ1) is 16.4. The summed E-state index contributed by atoms with van der Waals surface area (Å²) in [4.78, 5) is 27.8. The molecule has 11 heteroatoms. The second-order valence-electron chi connectivity index (χ2n) is 7.83. The van der Waals surface area contributed by atoms with Crippen LogP contribution in [0.25, 0.3) is 11.3 Å². The number of hydrogen-bond donors (Lipinski definition) is 3. The molecule has 3 N–H and O–H groups in total. The lowest BCUT2D eigenvalue weighted by molar-refractivity contribution is -0.129. The predicted octanol–water partition coefficient (Wildman–Crippen LogP) is 3.37. The van der Waals surface area contributed by atoms with Crippen LogP contribution in [-0.4, -0.2) is 57.7 Å². The predicted molar refractivity (Wildman–Crippen MR) is 134 cm³/mol. The van der Waals surface area contributed by atoms with E-state index < -0.39 is 5.91 Å². The SMILES string of the molecule is C=CC(=O)NOCc1cc(Nc2ncc(Cl)c(-c3cnn(C)c3)n2)ccc1NCCCN(C)C. The number of benzene rings is 1. The molecule has 2 heterocycles. The van der Waals surface area contributed by atoms with Crippen LogP contribution >= 0.6 is 11.6 Å². The number of aromatic nitrogens is 4. The zero-order chi connectivity index (χ0) is 24.5. The number of anilines is 3. The number of aryl methyl sites for hydroxylation is 1. The van der Waals surface area contributed by atoms with E-state index in [9.17, 15) is 4.79 Å². The highest BCUT2D eigenvalue weighted by Gasteiger charge is 2.12. The molecule has 3 rings (SSSR count). The van der Waals surface area contributed by atoms with Crippen molar-refractivity contribution in [1.29, 1.82) is 0 Å². The monoisotopic (exact) mass is 484 g/mol. The van der Waals surface area contributed by atoms with Crippen molar-refractivity contribution in [2.75, 3.05) is 37.8 Å². The van der Waals surface area contributed by atoms with Crippen LogP contribution in [0.2, 0.25) is 5.02 Å². The molecule has 2 aromatic heterocycles. The highest BCUT2D eigenvalue weighted by molar-refractivity contribution is 6.32. The van der Waals surface area contributed by atoms with Gasteiger partial charge in [0.15, 0.2) is 0 Å². The summed E-state index contributed by atoms with van der Waals surface area (Å²) in [5, 5.41) is 11.2. The van der Waals surface area contributed by atoms with Crippen molar-refractivity contribution in [2.24, 2.45) is 7.05 Å². The van der Waals surface area contributed by atoms with Crippen molar-refractivity contribution < 1.29 is 9.63 Å². The molecule has 1 amide bonds. The van der Waals surface area contributed by atoms with Crippen LogP contribution in [0.1, 0.15) is 12.0 Å². The molecule has 0 aliphatic carbocycles. The molecule has 0 spiro atoms. The highest BCUT2D eigenvalue weighted by Crippen LogP contribution is 2.28. The second-order valence-corrected chi connectivity index (χ2v) is 8.24. The van der Waals surface area contributed by atoms with Crippen LogP contribution in [0, 0.1) is 0 Å². The summed E-state index contributed by atoms with van der Waals surface area (Å²) in [6.45, 7) is 5.35. The van der Waals surface area contributed by atoms with Gasteiger partial charge in [-0.15, -0.1) is 0 Å². The zero-order valence-corrected chi connectivity index (χ0v) is 20.3. The lowest BCUT2D eigenvalue weighted by Crippen LogP contribution is -2.21. The van der Waals surface area contributed by atoms with Gasteiger partial charge in [0.2, 0.25) is 5.95 Å². The summed E-state index contributed by atoms with van der Waals surface area (Å²) in [5.74, 6) is -0.0194. The maximum Gasteiger partial charge on any atom is 0.266 e. The fourth-order valence-electron chi connectivity index (χ4n) is 3.11. The standard InChI is InChI=1S/C23H29ClN8O2/c1-5-21(33)30-34-15-16-11-18(7-8-20(16)25-9-6-10-31(2)3)28-23-26-13-19(24)22(29-23)17-12-27-32(4)14-17/h5,7-8,11-14,25H,1,6,9-10,15H2,2-4H3,(H,30,33)(H,26,28,29). The number of carbonyl (C=O) groups excluding carboxylic acids is 1. The van der Waals surface area contributed by atoms with Crippen molar-refractivity contribution in [3.63, 3.8) is 0 Å². The first-order valence-electron chi connectivity index (χ1n) is 10.7. The Morgan fingerprint density at radius 3 is 2.85 bits per heavy atom. The molecule has 0 fully saturated rings. The van der Waals surface area contributed by atoms with E-state index >= 15 is 0 Å². The molecule has 0 radical (unpaired) electrons. The first-order valence-corrected chi connectivity index (χ1v) is 11.1. The topological polar surface area (TPSA) is 109 Å². The maximum absolute atomic E-state index is 11.4. The molecule has 0 unspecified atom stereocenters. The summed E-state index contributed by atoms with van der Waals surface area (Å²) < 4.78 is 1.68. The van der Waals surface area contributed by atoms with Gasteiger partial charge in [0.25, 0.3) is 5.91 Å². The van der Waals surface area contributed by atoms with E-state index in [4.69, 9.17) is 16.4 Å². The summed E-state index contributed by atoms with van der Waals surface area (Å²) in [5.41, 5.74) is 6.23. The molecule has 0 saturated heterocycles. The van der Waals surface area contributed by atoms with Crippen LogP contribution in [0.3, 0.4) is 0 Å². The molecular weight excluding hydrogens is 456 g/mol. The number of nitrogens with one attached hydrogen (secondary N) is 3.